The van der Waals surface area contributed by atoms with Crippen molar-refractivity contribution in [2.45, 2.75) is 11.0 Å². The van der Waals surface area contributed by atoms with Gasteiger partial charge in [-0.3, -0.25) is 0 Å². The van der Waals surface area contributed by atoms with Crippen molar-refractivity contribution in [2.75, 3.05) is 7.11 Å². The Balaban J connectivity index is 2.26. The minimum Gasteiger partial charge on any atom is -0.467 e. The Kier molecular flexibility index (Phi) is 4.79. The van der Waals surface area contributed by atoms with Gasteiger partial charge in [0.2, 0.25) is 0 Å². The predicted molar refractivity (Wildman–Crippen MR) is 77.7 cm³/mol. The van der Waals surface area contributed by atoms with E-state index in [1.165, 1.54) is 36.4 Å². The number of benzene rings is 2. The Morgan fingerprint density at radius 3 is 2.41 bits per heavy atom. The van der Waals surface area contributed by atoms with Crippen LogP contribution in [0.5, 0.6) is 5.75 Å². The molecule has 0 radical (unpaired) electrons. The normalized spacial score (nSPS) is 12.5. The van der Waals surface area contributed by atoms with Crippen molar-refractivity contribution in [1.29, 1.82) is 0 Å². The zero-order valence-electron chi connectivity index (χ0n) is 11.7. The highest BCUT2D eigenvalue weighted by atomic mass is 32.2. The molecule has 0 saturated carbocycles. The maximum absolute atomic E-state index is 12.1. The molecule has 0 fully saturated rings. The van der Waals surface area contributed by atoms with E-state index in [0.717, 1.165) is 7.11 Å². The molecule has 0 aliphatic rings. The van der Waals surface area contributed by atoms with Crippen molar-refractivity contribution < 1.29 is 27.2 Å². The highest BCUT2D eigenvalue weighted by Gasteiger charge is 2.20. The third kappa shape index (κ3) is 3.63. The Labute approximate surface area is 128 Å². The minimum absolute atomic E-state index is 0.00826. The van der Waals surface area contributed by atoms with Crippen LogP contribution in [-0.2, 0) is 19.6 Å². The fraction of sp³-hybridized carbons (Fsp3) is 0.133. The van der Waals surface area contributed by atoms with Crippen molar-refractivity contribution in [3.05, 3.63) is 60.2 Å². The number of methoxy groups -OCH3 is 1. The van der Waals surface area contributed by atoms with Gasteiger partial charge in [0, 0.05) is 0 Å². The SMILES string of the molecule is COC(=O)C(O)c1cccc(OS(=O)(=O)c2ccccc2)c1. The van der Waals surface area contributed by atoms with Crippen molar-refractivity contribution in [3.8, 4) is 5.75 Å². The van der Waals surface area contributed by atoms with Gasteiger partial charge >= 0.3 is 16.1 Å². The zero-order chi connectivity index (χ0) is 16.2. The van der Waals surface area contributed by atoms with Gasteiger partial charge in [0.15, 0.2) is 6.10 Å². The number of aliphatic hydroxyl groups excluding tert-OH is 1. The van der Waals surface area contributed by atoms with E-state index in [1.54, 1.807) is 18.2 Å². The molecular formula is C15H14O6S. The molecule has 0 saturated heterocycles. The molecule has 0 aromatic heterocycles. The molecule has 0 heterocycles. The number of rotatable bonds is 5. The molecule has 1 N–H and O–H groups in total. The maximum Gasteiger partial charge on any atom is 0.339 e. The Bertz CT molecular complexity index is 755. The molecule has 2 rings (SSSR count). The van der Waals surface area contributed by atoms with Crippen LogP contribution in [0.4, 0.5) is 0 Å². The minimum atomic E-state index is -3.98. The topological polar surface area (TPSA) is 89.9 Å². The fourth-order valence-corrected chi connectivity index (χ4v) is 2.69. The van der Waals surface area contributed by atoms with Crippen LogP contribution in [-0.4, -0.2) is 26.6 Å². The van der Waals surface area contributed by atoms with Gasteiger partial charge in [-0.2, -0.15) is 8.42 Å². The molecule has 1 atom stereocenters. The van der Waals surface area contributed by atoms with Crippen molar-refractivity contribution in [1.82, 2.24) is 0 Å². The first kappa shape index (κ1) is 16.0. The number of hydrogen-bond acceptors (Lipinski definition) is 6. The molecule has 116 valence electrons. The van der Waals surface area contributed by atoms with E-state index in [4.69, 9.17) is 4.18 Å². The Hall–Kier alpha value is -2.38. The highest BCUT2D eigenvalue weighted by molar-refractivity contribution is 7.87. The molecule has 2 aromatic carbocycles. The second kappa shape index (κ2) is 6.59. The summed E-state index contributed by atoms with van der Waals surface area (Å²) in [6.45, 7) is 0. The van der Waals surface area contributed by atoms with E-state index >= 15 is 0 Å². The molecular weight excluding hydrogens is 308 g/mol. The number of esters is 1. The third-order valence-corrected chi connectivity index (χ3v) is 4.10. The molecule has 0 spiro atoms. The van der Waals surface area contributed by atoms with Gasteiger partial charge in [0.1, 0.15) is 10.6 Å². The van der Waals surface area contributed by atoms with Crippen LogP contribution in [0.1, 0.15) is 11.7 Å². The summed E-state index contributed by atoms with van der Waals surface area (Å²) in [6.07, 6.45) is -1.51. The number of carbonyl (C=O) groups is 1. The van der Waals surface area contributed by atoms with Gasteiger partial charge in [-0.05, 0) is 29.8 Å². The van der Waals surface area contributed by atoms with E-state index in [2.05, 4.69) is 4.74 Å². The average molecular weight is 322 g/mol. The molecule has 0 aliphatic carbocycles. The quantitative estimate of drug-likeness (QED) is 0.665. The summed E-state index contributed by atoms with van der Waals surface area (Å²) in [5.74, 6) is -0.854. The summed E-state index contributed by atoms with van der Waals surface area (Å²) in [7, 11) is -2.83. The molecule has 0 aliphatic heterocycles. The van der Waals surface area contributed by atoms with E-state index in [-0.39, 0.29) is 16.2 Å². The lowest BCUT2D eigenvalue weighted by Gasteiger charge is -2.11. The number of ether oxygens (including phenoxy) is 1. The summed E-state index contributed by atoms with van der Waals surface area (Å²) < 4.78 is 33.6. The van der Waals surface area contributed by atoms with Crippen molar-refractivity contribution in [2.24, 2.45) is 0 Å². The van der Waals surface area contributed by atoms with Gasteiger partial charge < -0.3 is 14.0 Å². The lowest BCUT2D eigenvalue weighted by Crippen LogP contribution is -2.14. The van der Waals surface area contributed by atoms with Gasteiger partial charge in [-0.1, -0.05) is 30.3 Å². The predicted octanol–water partition coefficient (Wildman–Crippen LogP) is 1.66. The van der Waals surface area contributed by atoms with Gasteiger partial charge in [0.25, 0.3) is 0 Å². The summed E-state index contributed by atoms with van der Waals surface area (Å²) in [6, 6.07) is 13.3. The van der Waals surface area contributed by atoms with Crippen LogP contribution < -0.4 is 4.18 Å². The first-order valence-corrected chi connectivity index (χ1v) is 7.70. The van der Waals surface area contributed by atoms with E-state index in [0.29, 0.717) is 0 Å². The number of carbonyl (C=O) groups excluding carboxylic acids is 1. The van der Waals surface area contributed by atoms with E-state index in [9.17, 15) is 18.3 Å². The van der Waals surface area contributed by atoms with Crippen molar-refractivity contribution >= 4 is 16.1 Å². The standard InChI is InChI=1S/C15H14O6S/c1-20-15(17)14(16)11-6-5-7-12(10-11)21-22(18,19)13-8-3-2-4-9-13/h2-10,14,16H,1H3. The van der Waals surface area contributed by atoms with Crippen molar-refractivity contribution in [3.63, 3.8) is 0 Å². The molecule has 22 heavy (non-hydrogen) atoms. The lowest BCUT2D eigenvalue weighted by molar-refractivity contribution is -0.150. The van der Waals surface area contributed by atoms with E-state index in [1.807, 2.05) is 0 Å². The first-order chi connectivity index (χ1) is 10.4. The van der Waals surface area contributed by atoms with Gasteiger partial charge in [-0.15, -0.1) is 0 Å². The van der Waals surface area contributed by atoms with Crippen LogP contribution in [0, 0.1) is 0 Å². The van der Waals surface area contributed by atoms with E-state index < -0.39 is 22.2 Å². The molecule has 7 heteroatoms. The van der Waals surface area contributed by atoms with Gasteiger partial charge in [0.05, 0.1) is 7.11 Å². The third-order valence-electron chi connectivity index (χ3n) is 2.84. The van der Waals surface area contributed by atoms with Crippen LogP contribution in [0.25, 0.3) is 0 Å². The lowest BCUT2D eigenvalue weighted by atomic mass is 10.1. The Morgan fingerprint density at radius 2 is 1.77 bits per heavy atom. The van der Waals surface area contributed by atoms with Crippen LogP contribution in [0.2, 0.25) is 0 Å². The fourth-order valence-electron chi connectivity index (χ4n) is 1.75. The molecule has 2 aromatic rings. The van der Waals surface area contributed by atoms with Crippen LogP contribution in [0.3, 0.4) is 0 Å². The van der Waals surface area contributed by atoms with Gasteiger partial charge in [-0.25, -0.2) is 4.79 Å². The molecule has 6 nitrogen and oxygen atoms in total. The molecule has 1 unspecified atom stereocenters. The maximum atomic E-state index is 12.1. The largest absolute Gasteiger partial charge is 0.467 e. The summed E-state index contributed by atoms with van der Waals surface area (Å²) >= 11 is 0. The number of hydrogen-bond donors (Lipinski definition) is 1. The zero-order valence-corrected chi connectivity index (χ0v) is 12.5. The second-order valence-corrected chi connectivity index (χ2v) is 5.90. The average Bonchev–Trinajstić information content (AvgIpc) is 2.54. The second-order valence-electron chi connectivity index (χ2n) is 4.35. The van der Waals surface area contributed by atoms with Crippen LogP contribution >= 0.6 is 0 Å². The Morgan fingerprint density at radius 1 is 1.09 bits per heavy atom. The number of aliphatic hydroxyl groups is 1. The summed E-state index contributed by atoms with van der Waals surface area (Å²) in [4.78, 5) is 11.3. The first-order valence-electron chi connectivity index (χ1n) is 6.29. The summed E-state index contributed by atoms with van der Waals surface area (Å²) in [5, 5.41) is 9.75. The smallest absolute Gasteiger partial charge is 0.339 e. The molecule has 0 bridgehead atoms. The molecule has 0 amide bonds. The highest BCUT2D eigenvalue weighted by Crippen LogP contribution is 2.23. The monoisotopic (exact) mass is 322 g/mol. The van der Waals surface area contributed by atoms with Crippen LogP contribution in [0.15, 0.2) is 59.5 Å². The summed E-state index contributed by atoms with van der Waals surface area (Å²) in [5.41, 5.74) is 0.174.